The summed E-state index contributed by atoms with van der Waals surface area (Å²) in [6.45, 7) is 0. The lowest BCUT2D eigenvalue weighted by atomic mass is 9.85. The van der Waals surface area contributed by atoms with Crippen LogP contribution in [-0.4, -0.2) is 15.0 Å². The van der Waals surface area contributed by atoms with Gasteiger partial charge in [-0.3, -0.25) is 0 Å². The minimum Gasteiger partial charge on any atom is -0.208 e. The molecule has 0 atom stereocenters. The Labute approximate surface area is 336 Å². The van der Waals surface area contributed by atoms with Crippen LogP contribution in [0.2, 0.25) is 0 Å². The quantitative estimate of drug-likeness (QED) is 0.145. The van der Waals surface area contributed by atoms with E-state index in [4.69, 9.17) is 15.0 Å². The molecule has 2 aromatic heterocycles. The Balaban J connectivity index is 1.11. The van der Waals surface area contributed by atoms with Gasteiger partial charge in [-0.15, -0.1) is 11.3 Å². The van der Waals surface area contributed by atoms with E-state index in [0.29, 0.717) is 17.5 Å². The summed E-state index contributed by atoms with van der Waals surface area (Å²) in [5.41, 5.74) is 12.0. The van der Waals surface area contributed by atoms with Gasteiger partial charge in [-0.25, -0.2) is 15.0 Å². The Kier molecular flexibility index (Phi) is 9.07. The lowest BCUT2D eigenvalue weighted by Gasteiger charge is -2.19. The fraction of sp³-hybridized carbons (Fsp3) is 0. The van der Waals surface area contributed by atoms with Gasteiger partial charge in [0.25, 0.3) is 0 Å². The third kappa shape index (κ3) is 6.84. The second kappa shape index (κ2) is 15.1. The SMILES string of the molecule is c1ccc(C(=C(c2ccccc2)c2cccc(-c3cccc(-c4nc(-c5ccccc5)nc(-c5ccc6c(c5)sc5ccccc56)n4)c3)c2)c2ccccc2)cc1. The highest BCUT2D eigenvalue weighted by atomic mass is 32.1. The van der Waals surface area contributed by atoms with Gasteiger partial charge in [-0.05, 0) is 68.8 Å². The third-order valence-corrected chi connectivity index (χ3v) is 11.5. The molecule has 10 rings (SSSR count). The highest BCUT2D eigenvalue weighted by Crippen LogP contribution is 2.39. The Morgan fingerprint density at radius 2 is 0.702 bits per heavy atom. The molecule has 0 aliphatic heterocycles. The van der Waals surface area contributed by atoms with Crippen molar-refractivity contribution in [3.8, 4) is 45.3 Å². The van der Waals surface area contributed by atoms with Gasteiger partial charge in [-0.1, -0.05) is 188 Å². The summed E-state index contributed by atoms with van der Waals surface area (Å²) in [7, 11) is 0. The first-order valence-corrected chi connectivity index (χ1v) is 19.9. The normalized spacial score (nSPS) is 11.2. The standard InChI is InChI=1S/C53H35N3S/c1-5-17-36(18-6-1)49(37-19-7-2-8-20-37)50(38-21-9-3-10-22-38)42-27-15-25-40(33-42)41-26-16-28-43(34-41)52-54-51(39-23-11-4-12-24-39)55-53(56-52)44-31-32-46-45-29-13-14-30-47(45)57-48(46)35-44/h1-35H. The molecule has 0 spiro atoms. The zero-order valence-corrected chi connectivity index (χ0v) is 31.8. The van der Waals surface area contributed by atoms with Crippen LogP contribution in [0.4, 0.5) is 0 Å². The van der Waals surface area contributed by atoms with Crippen molar-refractivity contribution in [1.29, 1.82) is 0 Å². The minimum atomic E-state index is 0.633. The second-order valence-corrected chi connectivity index (χ2v) is 15.1. The van der Waals surface area contributed by atoms with Crippen molar-refractivity contribution in [2.45, 2.75) is 0 Å². The Morgan fingerprint density at radius 3 is 1.33 bits per heavy atom. The molecule has 0 aliphatic rings. The molecule has 0 amide bonds. The molecule has 0 bridgehead atoms. The molecule has 0 aliphatic carbocycles. The first kappa shape index (κ1) is 34.2. The largest absolute Gasteiger partial charge is 0.208 e. The third-order valence-electron chi connectivity index (χ3n) is 10.3. The van der Waals surface area contributed by atoms with Crippen LogP contribution >= 0.6 is 11.3 Å². The predicted octanol–water partition coefficient (Wildman–Crippen LogP) is 13.9. The molecular weight excluding hydrogens is 711 g/mol. The molecule has 268 valence electrons. The average molecular weight is 746 g/mol. The summed E-state index contributed by atoms with van der Waals surface area (Å²) >= 11 is 1.80. The number of hydrogen-bond acceptors (Lipinski definition) is 4. The van der Waals surface area contributed by atoms with Gasteiger partial charge in [0.05, 0.1) is 0 Å². The van der Waals surface area contributed by atoms with E-state index in [2.05, 4.69) is 194 Å². The predicted molar refractivity (Wildman–Crippen MR) is 239 cm³/mol. The smallest absolute Gasteiger partial charge is 0.164 e. The van der Waals surface area contributed by atoms with E-state index in [9.17, 15) is 0 Å². The fourth-order valence-corrected chi connectivity index (χ4v) is 8.78. The number of fused-ring (bicyclic) bond motifs is 3. The number of aromatic nitrogens is 3. The summed E-state index contributed by atoms with van der Waals surface area (Å²) in [5, 5.41) is 2.52. The molecule has 4 heteroatoms. The summed E-state index contributed by atoms with van der Waals surface area (Å²) in [6.07, 6.45) is 0. The van der Waals surface area contributed by atoms with Crippen LogP contribution in [0.15, 0.2) is 212 Å². The molecule has 8 aromatic carbocycles. The van der Waals surface area contributed by atoms with E-state index in [0.717, 1.165) is 38.9 Å². The molecule has 0 N–H and O–H groups in total. The number of hydrogen-bond donors (Lipinski definition) is 0. The molecular formula is C53H35N3S. The average Bonchev–Trinajstić information content (AvgIpc) is 3.67. The molecule has 2 heterocycles. The topological polar surface area (TPSA) is 38.7 Å². The maximum absolute atomic E-state index is 5.15. The van der Waals surface area contributed by atoms with Gasteiger partial charge in [0.2, 0.25) is 0 Å². The van der Waals surface area contributed by atoms with E-state index in [1.54, 1.807) is 11.3 Å². The van der Waals surface area contributed by atoms with Crippen molar-refractivity contribution in [3.63, 3.8) is 0 Å². The Bertz CT molecular complexity index is 3000. The van der Waals surface area contributed by atoms with Crippen molar-refractivity contribution < 1.29 is 0 Å². The van der Waals surface area contributed by atoms with Gasteiger partial charge >= 0.3 is 0 Å². The molecule has 10 aromatic rings. The van der Waals surface area contributed by atoms with Crippen molar-refractivity contribution in [3.05, 3.63) is 235 Å². The van der Waals surface area contributed by atoms with Crippen LogP contribution in [0.3, 0.4) is 0 Å². The lowest BCUT2D eigenvalue weighted by Crippen LogP contribution is -2.00. The Hall–Kier alpha value is -7.27. The summed E-state index contributed by atoms with van der Waals surface area (Å²) < 4.78 is 2.49. The highest BCUT2D eigenvalue weighted by Gasteiger charge is 2.18. The number of thiophene rings is 1. The zero-order valence-electron chi connectivity index (χ0n) is 31.0. The molecule has 0 saturated heterocycles. The van der Waals surface area contributed by atoms with Crippen molar-refractivity contribution in [2.24, 2.45) is 0 Å². The first-order chi connectivity index (χ1) is 28.2. The maximum atomic E-state index is 5.15. The van der Waals surface area contributed by atoms with Crippen LogP contribution in [-0.2, 0) is 0 Å². The second-order valence-electron chi connectivity index (χ2n) is 14.0. The molecule has 3 nitrogen and oxygen atoms in total. The monoisotopic (exact) mass is 745 g/mol. The maximum Gasteiger partial charge on any atom is 0.164 e. The first-order valence-electron chi connectivity index (χ1n) is 19.1. The lowest BCUT2D eigenvalue weighted by molar-refractivity contribution is 1.07. The fourth-order valence-electron chi connectivity index (χ4n) is 7.63. The Morgan fingerprint density at radius 1 is 0.281 bits per heavy atom. The number of benzene rings is 8. The molecule has 0 fully saturated rings. The number of rotatable bonds is 8. The summed E-state index contributed by atoms with van der Waals surface area (Å²) in [5.74, 6) is 1.93. The van der Waals surface area contributed by atoms with Crippen molar-refractivity contribution >= 4 is 42.7 Å². The number of nitrogens with zero attached hydrogens (tertiary/aromatic N) is 3. The molecule has 0 unspecified atom stereocenters. The minimum absolute atomic E-state index is 0.633. The summed E-state index contributed by atoms with van der Waals surface area (Å²) in [4.78, 5) is 15.3. The van der Waals surface area contributed by atoms with Crippen LogP contribution in [0, 0.1) is 0 Å². The van der Waals surface area contributed by atoms with Crippen molar-refractivity contribution in [2.75, 3.05) is 0 Å². The van der Waals surface area contributed by atoms with Crippen LogP contribution < -0.4 is 0 Å². The highest BCUT2D eigenvalue weighted by molar-refractivity contribution is 7.25. The van der Waals surface area contributed by atoms with Gasteiger partial charge in [0.1, 0.15) is 0 Å². The molecule has 57 heavy (non-hydrogen) atoms. The van der Waals surface area contributed by atoms with E-state index >= 15 is 0 Å². The van der Waals surface area contributed by atoms with Gasteiger partial charge < -0.3 is 0 Å². The van der Waals surface area contributed by atoms with Crippen LogP contribution in [0.5, 0.6) is 0 Å². The molecule has 0 saturated carbocycles. The van der Waals surface area contributed by atoms with E-state index in [1.165, 1.54) is 42.4 Å². The van der Waals surface area contributed by atoms with E-state index < -0.39 is 0 Å². The van der Waals surface area contributed by atoms with Gasteiger partial charge in [-0.2, -0.15) is 0 Å². The van der Waals surface area contributed by atoms with Crippen LogP contribution in [0.1, 0.15) is 22.3 Å². The van der Waals surface area contributed by atoms with E-state index in [-0.39, 0.29) is 0 Å². The van der Waals surface area contributed by atoms with Crippen molar-refractivity contribution in [1.82, 2.24) is 15.0 Å². The van der Waals surface area contributed by atoms with Gasteiger partial charge in [0.15, 0.2) is 17.5 Å². The zero-order chi connectivity index (χ0) is 38.0. The van der Waals surface area contributed by atoms with E-state index in [1.807, 2.05) is 18.2 Å². The van der Waals surface area contributed by atoms with Gasteiger partial charge in [0, 0.05) is 36.9 Å². The van der Waals surface area contributed by atoms with Crippen LogP contribution in [0.25, 0.3) is 76.6 Å². The molecule has 0 radical (unpaired) electrons. The summed E-state index contributed by atoms with van der Waals surface area (Å²) in [6, 6.07) is 74.8.